The SMILES string of the molecule is CNC(=O)c1ccc(CNC(=O)c2ccc(NC(=O)NC3CC3)cc2)cc1. The third-order valence-electron chi connectivity index (χ3n) is 4.21. The van der Waals surface area contributed by atoms with Gasteiger partial charge in [0.2, 0.25) is 0 Å². The number of urea groups is 1. The number of anilines is 1. The Morgan fingerprint density at radius 1 is 0.889 bits per heavy atom. The minimum atomic E-state index is -0.227. The maximum atomic E-state index is 12.3. The van der Waals surface area contributed by atoms with Crippen molar-refractivity contribution in [3.8, 4) is 0 Å². The molecule has 1 aliphatic carbocycles. The largest absolute Gasteiger partial charge is 0.355 e. The second-order valence-electron chi connectivity index (χ2n) is 6.41. The lowest BCUT2D eigenvalue weighted by atomic mass is 10.1. The summed E-state index contributed by atoms with van der Waals surface area (Å²) in [6.07, 6.45) is 2.06. The molecule has 1 saturated carbocycles. The molecule has 0 saturated heterocycles. The summed E-state index contributed by atoms with van der Waals surface area (Å²) >= 11 is 0. The molecule has 1 fully saturated rings. The Bertz CT molecular complexity index is 827. The first-order valence-electron chi connectivity index (χ1n) is 8.82. The zero-order valence-electron chi connectivity index (χ0n) is 15.0. The van der Waals surface area contributed by atoms with Crippen molar-refractivity contribution in [2.75, 3.05) is 12.4 Å². The van der Waals surface area contributed by atoms with E-state index < -0.39 is 0 Å². The molecule has 140 valence electrons. The van der Waals surface area contributed by atoms with Crippen LogP contribution in [0.2, 0.25) is 0 Å². The molecule has 0 aliphatic heterocycles. The number of hydrogen-bond acceptors (Lipinski definition) is 3. The number of carbonyl (C=O) groups is 3. The van der Waals surface area contributed by atoms with Gasteiger partial charge in [0.05, 0.1) is 0 Å². The summed E-state index contributed by atoms with van der Waals surface area (Å²) in [5, 5.41) is 11.0. The van der Waals surface area contributed by atoms with E-state index in [2.05, 4.69) is 21.3 Å². The predicted octanol–water partition coefficient (Wildman–Crippen LogP) is 2.26. The van der Waals surface area contributed by atoms with E-state index in [1.165, 1.54) is 0 Å². The molecule has 4 amide bonds. The lowest BCUT2D eigenvalue weighted by molar-refractivity contribution is 0.0946. The van der Waals surface area contributed by atoms with E-state index >= 15 is 0 Å². The van der Waals surface area contributed by atoms with Crippen LogP contribution in [-0.2, 0) is 6.54 Å². The molecule has 0 radical (unpaired) electrons. The first kappa shape index (κ1) is 18.4. The molecule has 7 nitrogen and oxygen atoms in total. The van der Waals surface area contributed by atoms with E-state index in [9.17, 15) is 14.4 Å². The van der Waals surface area contributed by atoms with E-state index in [4.69, 9.17) is 0 Å². The van der Waals surface area contributed by atoms with E-state index in [1.54, 1.807) is 55.6 Å². The molecule has 4 N–H and O–H groups in total. The second-order valence-corrected chi connectivity index (χ2v) is 6.41. The van der Waals surface area contributed by atoms with Crippen LogP contribution in [0.5, 0.6) is 0 Å². The highest BCUT2D eigenvalue weighted by atomic mass is 16.2. The molecule has 2 aromatic rings. The van der Waals surface area contributed by atoms with Crippen molar-refractivity contribution < 1.29 is 14.4 Å². The lowest BCUT2D eigenvalue weighted by Gasteiger charge is -2.09. The van der Waals surface area contributed by atoms with Gasteiger partial charge in [-0.05, 0) is 54.8 Å². The van der Waals surface area contributed by atoms with Gasteiger partial charge in [-0.3, -0.25) is 9.59 Å². The fraction of sp³-hybridized carbons (Fsp3) is 0.250. The third kappa shape index (κ3) is 5.31. The lowest BCUT2D eigenvalue weighted by Crippen LogP contribution is -2.30. The standard InChI is InChI=1S/C20H22N4O3/c1-21-18(25)14-4-2-13(3-5-14)12-22-19(26)15-6-8-16(9-7-15)23-20(27)24-17-10-11-17/h2-9,17H,10-12H2,1H3,(H,21,25)(H,22,26)(H2,23,24,27). The quantitative estimate of drug-likeness (QED) is 0.631. The van der Waals surface area contributed by atoms with E-state index in [1.807, 2.05) is 0 Å². The summed E-state index contributed by atoms with van der Waals surface area (Å²) < 4.78 is 0. The Morgan fingerprint density at radius 2 is 1.48 bits per heavy atom. The van der Waals surface area contributed by atoms with Crippen molar-refractivity contribution in [2.24, 2.45) is 0 Å². The van der Waals surface area contributed by atoms with Gasteiger partial charge in [-0.1, -0.05) is 12.1 Å². The first-order chi connectivity index (χ1) is 13.0. The molecule has 27 heavy (non-hydrogen) atoms. The van der Waals surface area contributed by atoms with Gasteiger partial charge in [-0.2, -0.15) is 0 Å². The molecule has 0 spiro atoms. The normalized spacial score (nSPS) is 12.8. The minimum absolute atomic E-state index is 0.148. The zero-order chi connectivity index (χ0) is 19.2. The monoisotopic (exact) mass is 366 g/mol. The van der Waals surface area contributed by atoms with Gasteiger partial charge in [-0.25, -0.2) is 4.79 Å². The summed E-state index contributed by atoms with van der Waals surface area (Å²) in [6, 6.07) is 13.8. The van der Waals surface area contributed by atoms with Crippen molar-refractivity contribution in [3.05, 3.63) is 65.2 Å². The summed E-state index contributed by atoms with van der Waals surface area (Å²) in [5.41, 5.74) is 2.60. The average Bonchev–Trinajstić information content (AvgIpc) is 3.50. The average molecular weight is 366 g/mol. The smallest absolute Gasteiger partial charge is 0.319 e. The topological polar surface area (TPSA) is 99.3 Å². The van der Waals surface area contributed by atoms with E-state index in [-0.39, 0.29) is 17.8 Å². The van der Waals surface area contributed by atoms with Crippen molar-refractivity contribution in [3.63, 3.8) is 0 Å². The maximum absolute atomic E-state index is 12.3. The van der Waals surface area contributed by atoms with Crippen LogP contribution in [0.4, 0.5) is 10.5 Å². The van der Waals surface area contributed by atoms with Gasteiger partial charge in [0.15, 0.2) is 0 Å². The Kier molecular flexibility index (Phi) is 5.71. The van der Waals surface area contributed by atoms with Crippen molar-refractivity contribution in [1.82, 2.24) is 16.0 Å². The van der Waals surface area contributed by atoms with Gasteiger partial charge < -0.3 is 21.3 Å². The fourth-order valence-corrected chi connectivity index (χ4v) is 2.49. The van der Waals surface area contributed by atoms with Crippen LogP contribution in [0, 0.1) is 0 Å². The highest BCUT2D eigenvalue weighted by molar-refractivity contribution is 5.96. The molecule has 1 aliphatic rings. The third-order valence-corrected chi connectivity index (χ3v) is 4.21. The van der Waals surface area contributed by atoms with Gasteiger partial charge in [0.1, 0.15) is 0 Å². The first-order valence-corrected chi connectivity index (χ1v) is 8.82. The van der Waals surface area contributed by atoms with Crippen LogP contribution in [0.1, 0.15) is 39.1 Å². The van der Waals surface area contributed by atoms with Crippen LogP contribution < -0.4 is 21.3 Å². The number of hydrogen-bond donors (Lipinski definition) is 4. The molecule has 0 atom stereocenters. The molecule has 7 heteroatoms. The maximum Gasteiger partial charge on any atom is 0.319 e. The van der Waals surface area contributed by atoms with Crippen LogP contribution in [0.15, 0.2) is 48.5 Å². The molecular formula is C20H22N4O3. The number of benzene rings is 2. The summed E-state index contributed by atoms with van der Waals surface area (Å²) in [4.78, 5) is 35.5. The molecular weight excluding hydrogens is 344 g/mol. The van der Waals surface area contributed by atoms with Crippen LogP contribution in [0.25, 0.3) is 0 Å². The zero-order valence-corrected chi connectivity index (χ0v) is 15.0. The van der Waals surface area contributed by atoms with Gasteiger partial charge in [0, 0.05) is 36.4 Å². The Balaban J connectivity index is 1.50. The Hall–Kier alpha value is -3.35. The fourth-order valence-electron chi connectivity index (χ4n) is 2.49. The van der Waals surface area contributed by atoms with Crippen molar-refractivity contribution in [1.29, 1.82) is 0 Å². The van der Waals surface area contributed by atoms with Crippen molar-refractivity contribution >= 4 is 23.5 Å². The van der Waals surface area contributed by atoms with Gasteiger partial charge >= 0.3 is 6.03 Å². The molecule has 0 bridgehead atoms. The van der Waals surface area contributed by atoms with Crippen LogP contribution in [0.3, 0.4) is 0 Å². The summed E-state index contributed by atoms with van der Waals surface area (Å²) in [6.45, 7) is 0.358. The minimum Gasteiger partial charge on any atom is -0.355 e. The van der Waals surface area contributed by atoms with Crippen molar-refractivity contribution in [2.45, 2.75) is 25.4 Å². The molecule has 2 aromatic carbocycles. The molecule has 0 aromatic heterocycles. The van der Waals surface area contributed by atoms with E-state index in [0.29, 0.717) is 29.4 Å². The highest BCUT2D eigenvalue weighted by Gasteiger charge is 2.23. The second kappa shape index (κ2) is 8.35. The van der Waals surface area contributed by atoms with Gasteiger partial charge in [0.25, 0.3) is 11.8 Å². The number of amides is 4. The Morgan fingerprint density at radius 3 is 2.07 bits per heavy atom. The number of nitrogens with one attached hydrogen (secondary N) is 4. The number of carbonyl (C=O) groups excluding carboxylic acids is 3. The molecule has 0 heterocycles. The van der Waals surface area contributed by atoms with Gasteiger partial charge in [-0.15, -0.1) is 0 Å². The molecule has 0 unspecified atom stereocenters. The Labute approximate surface area is 157 Å². The number of rotatable bonds is 6. The van der Waals surface area contributed by atoms with E-state index in [0.717, 1.165) is 18.4 Å². The highest BCUT2D eigenvalue weighted by Crippen LogP contribution is 2.19. The van der Waals surface area contributed by atoms with Crippen LogP contribution in [-0.4, -0.2) is 30.9 Å². The predicted molar refractivity (Wildman–Crippen MR) is 103 cm³/mol. The summed E-state index contributed by atoms with van der Waals surface area (Å²) in [5.74, 6) is -0.357. The molecule has 3 rings (SSSR count). The van der Waals surface area contributed by atoms with Crippen LogP contribution >= 0.6 is 0 Å². The summed E-state index contributed by atoms with van der Waals surface area (Å²) in [7, 11) is 1.58.